The Morgan fingerprint density at radius 2 is 1.81 bits per heavy atom. The maximum absolute atomic E-state index is 5.39. The van der Waals surface area contributed by atoms with Crippen molar-refractivity contribution in [1.82, 2.24) is 15.0 Å². The lowest BCUT2D eigenvalue weighted by Crippen LogP contribution is -2.00. The van der Waals surface area contributed by atoms with Crippen LogP contribution < -0.4 is 14.8 Å². The highest BCUT2D eigenvalue weighted by molar-refractivity contribution is 5.93. The summed E-state index contributed by atoms with van der Waals surface area (Å²) in [5.41, 5.74) is 3.40. The monoisotopic (exact) mass is 428 g/mol. The van der Waals surface area contributed by atoms with Gasteiger partial charge < -0.3 is 14.8 Å². The van der Waals surface area contributed by atoms with E-state index in [0.29, 0.717) is 11.6 Å². The van der Waals surface area contributed by atoms with E-state index in [0.717, 1.165) is 39.2 Å². The summed E-state index contributed by atoms with van der Waals surface area (Å²) in [7, 11) is 3.28. The minimum absolute atomic E-state index is 0.593. The maximum atomic E-state index is 5.39. The molecule has 0 aliphatic carbocycles. The highest BCUT2D eigenvalue weighted by Crippen LogP contribution is 2.31. The van der Waals surface area contributed by atoms with Crippen LogP contribution in [0.3, 0.4) is 0 Å². The van der Waals surface area contributed by atoms with Gasteiger partial charge in [-0.1, -0.05) is 32.9 Å². The summed E-state index contributed by atoms with van der Waals surface area (Å²) in [6.07, 6.45) is 6.48. The van der Waals surface area contributed by atoms with Crippen molar-refractivity contribution in [3.8, 4) is 22.9 Å². The number of rotatable bonds is 6. The standard InChI is InChI=1S/C23H20N4O2.C3H8/c1-4-15-12-17(7-10-21(15)29-3)25-23-19-13-18(28-2)8-9-20(19)26-22(27-23)16-6-5-11-24-14-16;1-3-2/h4-14H,1H2,2-3H3,(H,25,26,27);3H2,1-2H3. The summed E-state index contributed by atoms with van der Waals surface area (Å²) in [4.78, 5) is 13.6. The number of nitrogens with zero attached hydrogens (tertiary/aromatic N) is 3. The van der Waals surface area contributed by atoms with Crippen molar-refractivity contribution in [2.75, 3.05) is 19.5 Å². The zero-order chi connectivity index (χ0) is 22.9. The van der Waals surface area contributed by atoms with Crippen LogP contribution in [0.1, 0.15) is 25.8 Å². The molecular weight excluding hydrogens is 400 g/mol. The van der Waals surface area contributed by atoms with Crippen molar-refractivity contribution in [3.63, 3.8) is 0 Å². The zero-order valence-corrected chi connectivity index (χ0v) is 18.9. The average Bonchev–Trinajstić information content (AvgIpc) is 2.84. The topological polar surface area (TPSA) is 69.2 Å². The second-order valence-electron chi connectivity index (χ2n) is 7.01. The van der Waals surface area contributed by atoms with Gasteiger partial charge in [0.2, 0.25) is 0 Å². The Kier molecular flexibility index (Phi) is 7.75. The third-order valence-corrected chi connectivity index (χ3v) is 4.53. The fraction of sp³-hybridized carbons (Fsp3) is 0.192. The molecule has 32 heavy (non-hydrogen) atoms. The molecule has 0 bridgehead atoms. The van der Waals surface area contributed by atoms with Crippen LogP contribution in [0, 0.1) is 0 Å². The van der Waals surface area contributed by atoms with Gasteiger partial charge in [0.05, 0.1) is 19.7 Å². The van der Waals surface area contributed by atoms with Gasteiger partial charge in [-0.25, -0.2) is 9.97 Å². The lowest BCUT2D eigenvalue weighted by molar-refractivity contribution is 0.414. The van der Waals surface area contributed by atoms with Crippen molar-refractivity contribution in [3.05, 3.63) is 73.1 Å². The van der Waals surface area contributed by atoms with Crippen molar-refractivity contribution < 1.29 is 9.47 Å². The van der Waals surface area contributed by atoms with E-state index in [1.165, 1.54) is 6.42 Å². The third kappa shape index (κ3) is 5.21. The molecule has 0 atom stereocenters. The molecule has 0 saturated carbocycles. The van der Waals surface area contributed by atoms with Crippen LogP contribution in [0.4, 0.5) is 11.5 Å². The number of nitrogens with one attached hydrogen (secondary N) is 1. The van der Waals surface area contributed by atoms with E-state index < -0.39 is 0 Å². The fourth-order valence-electron chi connectivity index (χ4n) is 3.06. The Morgan fingerprint density at radius 3 is 2.47 bits per heavy atom. The lowest BCUT2D eigenvalue weighted by atomic mass is 10.1. The first-order valence-electron chi connectivity index (χ1n) is 10.5. The Balaban J connectivity index is 0.000000913. The van der Waals surface area contributed by atoms with Gasteiger partial charge in [0.15, 0.2) is 5.82 Å². The predicted octanol–water partition coefficient (Wildman–Crippen LogP) is 6.51. The Hall–Kier alpha value is -3.93. The largest absolute Gasteiger partial charge is 0.497 e. The summed E-state index contributed by atoms with van der Waals surface area (Å²) in [6.45, 7) is 8.11. The van der Waals surface area contributed by atoms with Gasteiger partial charge in [0, 0.05) is 34.6 Å². The molecule has 0 aliphatic rings. The molecule has 2 heterocycles. The Morgan fingerprint density at radius 1 is 1.00 bits per heavy atom. The number of methoxy groups -OCH3 is 2. The highest BCUT2D eigenvalue weighted by atomic mass is 16.5. The second-order valence-corrected chi connectivity index (χ2v) is 7.01. The molecule has 2 aromatic heterocycles. The molecule has 2 aromatic carbocycles. The number of benzene rings is 2. The number of ether oxygens (including phenoxy) is 2. The van der Waals surface area contributed by atoms with Crippen molar-refractivity contribution in [2.45, 2.75) is 20.3 Å². The lowest BCUT2D eigenvalue weighted by Gasteiger charge is -2.13. The van der Waals surface area contributed by atoms with E-state index in [-0.39, 0.29) is 0 Å². The first-order chi connectivity index (χ1) is 15.6. The predicted molar refractivity (Wildman–Crippen MR) is 132 cm³/mol. The van der Waals surface area contributed by atoms with Crippen LogP contribution in [0.25, 0.3) is 28.4 Å². The van der Waals surface area contributed by atoms with E-state index in [4.69, 9.17) is 19.4 Å². The first kappa shape index (κ1) is 22.7. The van der Waals surface area contributed by atoms with Gasteiger partial charge in [-0.05, 0) is 48.5 Å². The number of fused-ring (bicyclic) bond motifs is 1. The molecule has 6 heteroatoms. The molecule has 0 radical (unpaired) electrons. The van der Waals surface area contributed by atoms with E-state index in [9.17, 15) is 0 Å². The first-order valence-corrected chi connectivity index (χ1v) is 10.5. The van der Waals surface area contributed by atoms with Crippen molar-refractivity contribution in [1.29, 1.82) is 0 Å². The molecule has 0 aliphatic heterocycles. The molecule has 0 saturated heterocycles. The molecule has 0 spiro atoms. The molecule has 0 amide bonds. The smallest absolute Gasteiger partial charge is 0.163 e. The van der Waals surface area contributed by atoms with E-state index in [1.807, 2.05) is 48.5 Å². The van der Waals surface area contributed by atoms with Gasteiger partial charge >= 0.3 is 0 Å². The molecule has 6 nitrogen and oxygen atoms in total. The number of anilines is 2. The van der Waals surface area contributed by atoms with Crippen LogP contribution in [0.5, 0.6) is 11.5 Å². The highest BCUT2D eigenvalue weighted by Gasteiger charge is 2.12. The van der Waals surface area contributed by atoms with Crippen LogP contribution in [-0.4, -0.2) is 29.2 Å². The van der Waals surface area contributed by atoms with E-state index >= 15 is 0 Å². The summed E-state index contributed by atoms with van der Waals surface area (Å²) < 4.78 is 10.8. The molecule has 1 N–H and O–H groups in total. The Labute approximate surface area is 189 Å². The van der Waals surface area contributed by atoms with Crippen LogP contribution >= 0.6 is 0 Å². The fourth-order valence-corrected chi connectivity index (χ4v) is 3.06. The van der Waals surface area contributed by atoms with Gasteiger partial charge in [-0.2, -0.15) is 0 Å². The van der Waals surface area contributed by atoms with Crippen LogP contribution in [0.2, 0.25) is 0 Å². The molecule has 0 unspecified atom stereocenters. The number of hydrogen-bond acceptors (Lipinski definition) is 6. The number of hydrogen-bond donors (Lipinski definition) is 1. The summed E-state index contributed by atoms with van der Waals surface area (Å²) in [6, 6.07) is 15.3. The maximum Gasteiger partial charge on any atom is 0.163 e. The average molecular weight is 429 g/mol. The Bertz CT molecular complexity index is 1190. The van der Waals surface area contributed by atoms with Gasteiger partial charge in [-0.3, -0.25) is 4.98 Å². The van der Waals surface area contributed by atoms with Crippen molar-refractivity contribution in [2.24, 2.45) is 0 Å². The minimum Gasteiger partial charge on any atom is -0.497 e. The van der Waals surface area contributed by atoms with Crippen LogP contribution in [-0.2, 0) is 0 Å². The zero-order valence-electron chi connectivity index (χ0n) is 18.9. The number of pyridine rings is 1. The summed E-state index contributed by atoms with van der Waals surface area (Å²) in [5.74, 6) is 2.76. The SMILES string of the molecule is C=Cc1cc(Nc2nc(-c3cccnc3)nc3ccc(OC)cc23)ccc1OC.CCC. The summed E-state index contributed by atoms with van der Waals surface area (Å²) in [5, 5.41) is 4.26. The van der Waals surface area contributed by atoms with E-state index in [2.05, 4.69) is 30.7 Å². The molecule has 4 rings (SSSR count). The van der Waals surface area contributed by atoms with Crippen LogP contribution in [0.15, 0.2) is 67.5 Å². The molecular formula is C26H28N4O2. The van der Waals surface area contributed by atoms with Gasteiger partial charge in [-0.15, -0.1) is 0 Å². The molecule has 164 valence electrons. The second kappa shape index (κ2) is 10.9. The van der Waals surface area contributed by atoms with Crippen molar-refractivity contribution >= 4 is 28.5 Å². The summed E-state index contributed by atoms with van der Waals surface area (Å²) >= 11 is 0. The molecule has 4 aromatic rings. The van der Waals surface area contributed by atoms with Gasteiger partial charge in [0.25, 0.3) is 0 Å². The number of aromatic nitrogens is 3. The third-order valence-electron chi connectivity index (χ3n) is 4.53. The normalized spacial score (nSPS) is 10.1. The quantitative estimate of drug-likeness (QED) is 0.377. The minimum atomic E-state index is 0.593. The van der Waals surface area contributed by atoms with E-state index in [1.54, 1.807) is 32.7 Å². The van der Waals surface area contributed by atoms with Gasteiger partial charge in [0.1, 0.15) is 17.3 Å². The molecule has 0 fully saturated rings.